The van der Waals surface area contributed by atoms with E-state index in [9.17, 15) is 0 Å². The summed E-state index contributed by atoms with van der Waals surface area (Å²) >= 11 is 1.81. The Hall–Kier alpha value is -1.52. The number of ether oxygens (including phenoxy) is 1. The van der Waals surface area contributed by atoms with Crippen molar-refractivity contribution in [2.45, 2.75) is 36.1 Å². The van der Waals surface area contributed by atoms with E-state index in [0.717, 1.165) is 29.8 Å². The highest BCUT2D eigenvalue weighted by Gasteiger charge is 2.19. The van der Waals surface area contributed by atoms with Crippen molar-refractivity contribution in [2.24, 2.45) is 0 Å². The van der Waals surface area contributed by atoms with Crippen LogP contribution in [0.5, 0.6) is 5.88 Å². The van der Waals surface area contributed by atoms with Gasteiger partial charge in [-0.15, -0.1) is 11.8 Å². The first-order chi connectivity index (χ1) is 10.3. The van der Waals surface area contributed by atoms with Gasteiger partial charge in [0.05, 0.1) is 7.11 Å². The number of pyridine rings is 1. The van der Waals surface area contributed by atoms with Crippen molar-refractivity contribution in [3.63, 3.8) is 0 Å². The lowest BCUT2D eigenvalue weighted by atomic mass is 10.2. The molecule has 0 unspecified atom stereocenters. The van der Waals surface area contributed by atoms with Crippen molar-refractivity contribution < 1.29 is 4.74 Å². The Morgan fingerprint density at radius 2 is 2.05 bits per heavy atom. The van der Waals surface area contributed by atoms with Crippen LogP contribution in [-0.4, -0.2) is 18.1 Å². The molecule has 1 aromatic heterocycles. The van der Waals surface area contributed by atoms with Gasteiger partial charge in [-0.3, -0.25) is 0 Å². The molecule has 0 saturated heterocycles. The molecular weight excluding hydrogens is 280 g/mol. The number of hydrogen-bond donors (Lipinski definition) is 1. The molecule has 0 spiro atoms. The van der Waals surface area contributed by atoms with Gasteiger partial charge in [0.1, 0.15) is 0 Å². The largest absolute Gasteiger partial charge is 0.481 e. The SMILES string of the molecule is COc1ncccc1CSc1ccc(CNC2CC2)cc1. The van der Waals surface area contributed by atoms with Gasteiger partial charge < -0.3 is 10.1 Å². The number of nitrogens with zero attached hydrogens (tertiary/aromatic N) is 1. The monoisotopic (exact) mass is 300 g/mol. The molecule has 1 aliphatic rings. The molecule has 0 radical (unpaired) electrons. The fourth-order valence-corrected chi connectivity index (χ4v) is 3.00. The zero-order valence-electron chi connectivity index (χ0n) is 12.2. The van der Waals surface area contributed by atoms with E-state index in [0.29, 0.717) is 0 Å². The lowest BCUT2D eigenvalue weighted by molar-refractivity contribution is 0.394. The Morgan fingerprint density at radius 3 is 2.76 bits per heavy atom. The van der Waals surface area contributed by atoms with Crippen molar-refractivity contribution in [2.75, 3.05) is 7.11 Å². The molecule has 0 amide bonds. The number of methoxy groups -OCH3 is 1. The highest BCUT2D eigenvalue weighted by atomic mass is 32.2. The van der Waals surface area contributed by atoms with E-state index in [4.69, 9.17) is 4.74 Å². The zero-order valence-corrected chi connectivity index (χ0v) is 13.0. The molecule has 1 aromatic carbocycles. The maximum atomic E-state index is 5.28. The predicted molar refractivity (Wildman–Crippen MR) is 86.7 cm³/mol. The lowest BCUT2D eigenvalue weighted by Crippen LogP contribution is -2.14. The van der Waals surface area contributed by atoms with Crippen LogP contribution in [0.1, 0.15) is 24.0 Å². The Kier molecular flexibility index (Phi) is 4.78. The van der Waals surface area contributed by atoms with E-state index in [1.54, 1.807) is 13.3 Å². The summed E-state index contributed by atoms with van der Waals surface area (Å²) in [7, 11) is 1.66. The van der Waals surface area contributed by atoms with Crippen molar-refractivity contribution >= 4 is 11.8 Å². The number of aromatic nitrogens is 1. The molecule has 1 aliphatic carbocycles. The number of rotatable bonds is 7. The Morgan fingerprint density at radius 1 is 1.24 bits per heavy atom. The third kappa shape index (κ3) is 4.22. The topological polar surface area (TPSA) is 34.1 Å². The van der Waals surface area contributed by atoms with Gasteiger partial charge in [-0.25, -0.2) is 4.98 Å². The zero-order chi connectivity index (χ0) is 14.5. The molecule has 3 nitrogen and oxygen atoms in total. The molecule has 2 aromatic rings. The van der Waals surface area contributed by atoms with E-state index < -0.39 is 0 Å². The first-order valence-corrected chi connectivity index (χ1v) is 8.27. The summed E-state index contributed by atoms with van der Waals surface area (Å²) in [6, 6.07) is 13.6. The summed E-state index contributed by atoms with van der Waals surface area (Å²) in [5.41, 5.74) is 2.48. The van der Waals surface area contributed by atoms with E-state index >= 15 is 0 Å². The molecule has 21 heavy (non-hydrogen) atoms. The normalized spacial score (nSPS) is 14.1. The van der Waals surface area contributed by atoms with Crippen LogP contribution in [0, 0.1) is 0 Å². The average Bonchev–Trinajstić information content (AvgIpc) is 3.36. The number of nitrogens with one attached hydrogen (secondary N) is 1. The molecule has 1 saturated carbocycles. The summed E-state index contributed by atoms with van der Waals surface area (Å²) < 4.78 is 5.28. The maximum Gasteiger partial charge on any atom is 0.217 e. The summed E-state index contributed by atoms with van der Waals surface area (Å²) in [5.74, 6) is 1.59. The summed E-state index contributed by atoms with van der Waals surface area (Å²) in [6.45, 7) is 0.978. The molecule has 1 fully saturated rings. The second kappa shape index (κ2) is 6.96. The van der Waals surface area contributed by atoms with Crippen LogP contribution in [0.4, 0.5) is 0 Å². The van der Waals surface area contributed by atoms with E-state index in [1.807, 2.05) is 17.8 Å². The molecule has 3 rings (SSSR count). The average molecular weight is 300 g/mol. The van der Waals surface area contributed by atoms with Gasteiger partial charge in [0, 0.05) is 35.0 Å². The molecular formula is C17H20N2OS. The Balaban J connectivity index is 1.54. The standard InChI is InChI=1S/C17H20N2OS/c1-20-17-14(3-2-10-18-17)12-21-16-8-4-13(5-9-16)11-19-15-6-7-15/h2-5,8-10,15,19H,6-7,11-12H2,1H3. The van der Waals surface area contributed by atoms with Crippen molar-refractivity contribution in [1.29, 1.82) is 0 Å². The predicted octanol–water partition coefficient (Wildman–Crippen LogP) is 3.63. The van der Waals surface area contributed by atoms with Crippen LogP contribution in [-0.2, 0) is 12.3 Å². The van der Waals surface area contributed by atoms with Gasteiger partial charge in [0.15, 0.2) is 0 Å². The van der Waals surface area contributed by atoms with Gasteiger partial charge in [0.25, 0.3) is 0 Å². The second-order valence-electron chi connectivity index (χ2n) is 5.26. The molecule has 4 heteroatoms. The molecule has 1 N–H and O–H groups in total. The summed E-state index contributed by atoms with van der Waals surface area (Å²) in [6.07, 6.45) is 4.43. The highest BCUT2D eigenvalue weighted by Crippen LogP contribution is 2.27. The maximum absolute atomic E-state index is 5.28. The van der Waals surface area contributed by atoms with E-state index in [-0.39, 0.29) is 0 Å². The molecule has 110 valence electrons. The minimum atomic E-state index is 0.718. The van der Waals surface area contributed by atoms with Crippen LogP contribution in [0.3, 0.4) is 0 Å². The van der Waals surface area contributed by atoms with E-state index in [1.165, 1.54) is 23.3 Å². The van der Waals surface area contributed by atoms with Crippen molar-refractivity contribution in [3.05, 3.63) is 53.7 Å². The Bertz CT molecular complexity index is 582. The first-order valence-electron chi connectivity index (χ1n) is 7.28. The quantitative estimate of drug-likeness (QED) is 0.792. The summed E-state index contributed by atoms with van der Waals surface area (Å²) in [5, 5.41) is 3.53. The van der Waals surface area contributed by atoms with Crippen LogP contribution in [0.25, 0.3) is 0 Å². The molecule has 0 bridgehead atoms. The number of benzene rings is 1. The fraction of sp³-hybridized carbons (Fsp3) is 0.353. The molecule has 0 atom stereocenters. The van der Waals surface area contributed by atoms with Gasteiger partial charge in [0.2, 0.25) is 5.88 Å². The molecule has 0 aliphatic heterocycles. The van der Waals surface area contributed by atoms with Crippen LogP contribution >= 0.6 is 11.8 Å². The van der Waals surface area contributed by atoms with Crippen LogP contribution in [0.15, 0.2) is 47.5 Å². The molecule has 1 heterocycles. The number of thioether (sulfide) groups is 1. The fourth-order valence-electron chi connectivity index (χ4n) is 2.13. The number of hydrogen-bond acceptors (Lipinski definition) is 4. The van der Waals surface area contributed by atoms with Gasteiger partial charge in [-0.2, -0.15) is 0 Å². The van der Waals surface area contributed by atoms with Crippen LogP contribution < -0.4 is 10.1 Å². The lowest BCUT2D eigenvalue weighted by Gasteiger charge is -2.07. The van der Waals surface area contributed by atoms with Crippen molar-refractivity contribution in [3.8, 4) is 5.88 Å². The first kappa shape index (κ1) is 14.4. The smallest absolute Gasteiger partial charge is 0.217 e. The van der Waals surface area contributed by atoms with Crippen LogP contribution in [0.2, 0.25) is 0 Å². The Labute approximate surface area is 130 Å². The highest BCUT2D eigenvalue weighted by molar-refractivity contribution is 7.98. The minimum Gasteiger partial charge on any atom is -0.481 e. The second-order valence-corrected chi connectivity index (χ2v) is 6.31. The van der Waals surface area contributed by atoms with Crippen molar-refractivity contribution in [1.82, 2.24) is 10.3 Å². The third-order valence-electron chi connectivity index (χ3n) is 3.53. The summed E-state index contributed by atoms with van der Waals surface area (Å²) in [4.78, 5) is 5.50. The third-order valence-corrected chi connectivity index (χ3v) is 4.59. The van der Waals surface area contributed by atoms with Gasteiger partial charge >= 0.3 is 0 Å². The van der Waals surface area contributed by atoms with Gasteiger partial charge in [-0.05, 0) is 36.6 Å². The van der Waals surface area contributed by atoms with Gasteiger partial charge in [-0.1, -0.05) is 18.2 Å². The minimum absolute atomic E-state index is 0.718. The van der Waals surface area contributed by atoms with E-state index in [2.05, 4.69) is 40.6 Å².